The number of carbonyl (C=O) groups is 2. The average molecular weight is 599 g/mol. The van der Waals surface area contributed by atoms with Gasteiger partial charge in [0, 0.05) is 42.8 Å². The quantitative estimate of drug-likeness (QED) is 0.275. The molecule has 0 unspecified atom stereocenters. The van der Waals surface area contributed by atoms with Crippen molar-refractivity contribution in [1.82, 2.24) is 10.2 Å². The van der Waals surface area contributed by atoms with Crippen LogP contribution in [0.1, 0.15) is 60.0 Å². The number of hydrogen-bond acceptors (Lipinski definition) is 7. The highest BCUT2D eigenvalue weighted by Crippen LogP contribution is 2.30. The van der Waals surface area contributed by atoms with E-state index in [1.807, 2.05) is 36.2 Å². The molecule has 1 aliphatic heterocycles. The number of carbonyl (C=O) groups excluding carboxylic acids is 2. The van der Waals surface area contributed by atoms with Gasteiger partial charge in [-0.3, -0.25) is 9.69 Å². The van der Waals surface area contributed by atoms with Gasteiger partial charge in [0.2, 0.25) is 0 Å². The molecule has 1 saturated carbocycles. The van der Waals surface area contributed by atoms with Gasteiger partial charge in [-0.1, -0.05) is 49.6 Å². The van der Waals surface area contributed by atoms with Gasteiger partial charge >= 0.3 is 5.97 Å². The standard InChI is InChI=1S/C33H46N2O4S2/c1-24-9-7-8-12-28(24)30-19-26(13-14-29(30)32(36)34-31(15-17-40-3)33(37)38-2)20-35-16-18-41-23-27(35)22-39-21-25-10-5-4-6-11-25/h7-9,12-14,19,25,27,31H,4-6,10-11,15-18,20-23H2,1-3H3,(H,34,36)/t27-,31+/m1/s1. The van der Waals surface area contributed by atoms with Crippen molar-refractivity contribution in [1.29, 1.82) is 0 Å². The summed E-state index contributed by atoms with van der Waals surface area (Å²) >= 11 is 3.65. The number of thioether (sulfide) groups is 2. The zero-order valence-corrected chi connectivity index (χ0v) is 26.5. The van der Waals surface area contributed by atoms with Gasteiger partial charge < -0.3 is 14.8 Å². The lowest BCUT2D eigenvalue weighted by Gasteiger charge is -2.35. The Morgan fingerprint density at radius 3 is 2.66 bits per heavy atom. The van der Waals surface area contributed by atoms with E-state index in [4.69, 9.17) is 9.47 Å². The minimum atomic E-state index is -0.676. The number of ether oxygens (including phenoxy) is 2. The highest BCUT2D eigenvalue weighted by molar-refractivity contribution is 7.99. The van der Waals surface area contributed by atoms with Crippen LogP contribution in [-0.4, -0.2) is 79.2 Å². The first-order chi connectivity index (χ1) is 20.0. The molecule has 2 fully saturated rings. The molecule has 0 spiro atoms. The summed E-state index contributed by atoms with van der Waals surface area (Å²) in [5, 5.41) is 2.95. The molecule has 0 radical (unpaired) electrons. The minimum absolute atomic E-state index is 0.255. The van der Waals surface area contributed by atoms with Crippen LogP contribution in [0.15, 0.2) is 42.5 Å². The molecule has 41 heavy (non-hydrogen) atoms. The largest absolute Gasteiger partial charge is 0.467 e. The van der Waals surface area contributed by atoms with Crippen LogP contribution in [0, 0.1) is 12.8 Å². The molecule has 6 nitrogen and oxygen atoms in total. The second-order valence-electron chi connectivity index (χ2n) is 11.3. The van der Waals surface area contributed by atoms with E-state index in [0.717, 1.165) is 66.2 Å². The van der Waals surface area contributed by atoms with Crippen LogP contribution in [0.25, 0.3) is 11.1 Å². The van der Waals surface area contributed by atoms with E-state index in [2.05, 4.69) is 41.4 Å². The Morgan fingerprint density at radius 1 is 1.10 bits per heavy atom. The molecule has 2 atom stereocenters. The summed E-state index contributed by atoms with van der Waals surface area (Å²) in [5.74, 6) is 3.01. The fraction of sp³-hybridized carbons (Fsp3) is 0.576. The van der Waals surface area contributed by atoms with Crippen LogP contribution < -0.4 is 5.32 Å². The molecule has 1 amide bonds. The number of methoxy groups -OCH3 is 1. The number of hydrogen-bond donors (Lipinski definition) is 1. The molecule has 8 heteroatoms. The van der Waals surface area contributed by atoms with Gasteiger partial charge in [-0.2, -0.15) is 23.5 Å². The summed E-state index contributed by atoms with van der Waals surface area (Å²) < 4.78 is 11.3. The molecule has 1 N–H and O–H groups in total. The number of nitrogens with zero attached hydrogens (tertiary/aromatic N) is 1. The molecule has 1 aliphatic carbocycles. The van der Waals surface area contributed by atoms with Crippen LogP contribution in [0.4, 0.5) is 0 Å². The van der Waals surface area contributed by atoms with Gasteiger partial charge in [-0.15, -0.1) is 0 Å². The molecule has 0 aromatic heterocycles. The molecule has 1 saturated heterocycles. The molecule has 1 heterocycles. The van der Waals surface area contributed by atoms with Crippen molar-refractivity contribution >= 4 is 35.4 Å². The highest BCUT2D eigenvalue weighted by Gasteiger charge is 2.26. The van der Waals surface area contributed by atoms with Crippen LogP contribution in [0.5, 0.6) is 0 Å². The van der Waals surface area contributed by atoms with Crippen molar-refractivity contribution in [3.8, 4) is 11.1 Å². The maximum absolute atomic E-state index is 13.6. The van der Waals surface area contributed by atoms with Crippen LogP contribution in [0.2, 0.25) is 0 Å². The Kier molecular flexibility index (Phi) is 12.9. The molecular weight excluding hydrogens is 553 g/mol. The number of rotatable bonds is 13. The molecule has 2 aliphatic rings. The normalized spacial score (nSPS) is 19.0. The van der Waals surface area contributed by atoms with Crippen molar-refractivity contribution in [2.24, 2.45) is 5.92 Å². The van der Waals surface area contributed by atoms with Crippen LogP contribution in [-0.2, 0) is 20.8 Å². The lowest BCUT2D eigenvalue weighted by atomic mass is 9.90. The fourth-order valence-electron chi connectivity index (χ4n) is 5.86. The summed E-state index contributed by atoms with van der Waals surface area (Å²) in [6.07, 6.45) is 9.19. The zero-order chi connectivity index (χ0) is 29.0. The maximum atomic E-state index is 13.6. The summed E-state index contributed by atoms with van der Waals surface area (Å²) in [6, 6.07) is 14.0. The molecule has 4 rings (SSSR count). The predicted molar refractivity (Wildman–Crippen MR) is 172 cm³/mol. The second-order valence-corrected chi connectivity index (χ2v) is 13.4. The summed E-state index contributed by atoms with van der Waals surface area (Å²) in [7, 11) is 1.36. The van der Waals surface area contributed by atoms with Crippen LogP contribution in [0.3, 0.4) is 0 Å². The van der Waals surface area contributed by atoms with Gasteiger partial charge in [0.25, 0.3) is 5.91 Å². The molecule has 0 bridgehead atoms. The third-order valence-corrected chi connectivity index (χ3v) is 10.0. The number of aryl methyl sites for hydroxylation is 1. The summed E-state index contributed by atoms with van der Waals surface area (Å²) in [5.41, 5.74) is 4.77. The van der Waals surface area contributed by atoms with Crippen molar-refractivity contribution in [3.63, 3.8) is 0 Å². The number of esters is 1. The summed E-state index contributed by atoms with van der Waals surface area (Å²) in [6.45, 7) is 5.58. The van der Waals surface area contributed by atoms with Crippen LogP contribution >= 0.6 is 23.5 Å². The van der Waals surface area contributed by atoms with Crippen molar-refractivity contribution in [3.05, 3.63) is 59.2 Å². The molecule has 2 aromatic carbocycles. The highest BCUT2D eigenvalue weighted by atomic mass is 32.2. The molecule has 2 aromatic rings. The summed E-state index contributed by atoms with van der Waals surface area (Å²) in [4.78, 5) is 28.5. The van der Waals surface area contributed by atoms with E-state index in [0.29, 0.717) is 18.0 Å². The smallest absolute Gasteiger partial charge is 0.328 e. The van der Waals surface area contributed by atoms with Crippen molar-refractivity contribution < 1.29 is 19.1 Å². The lowest BCUT2D eigenvalue weighted by molar-refractivity contribution is -0.142. The van der Waals surface area contributed by atoms with Crippen molar-refractivity contribution in [2.75, 3.05) is 50.4 Å². The first-order valence-electron chi connectivity index (χ1n) is 15.0. The second kappa shape index (κ2) is 16.6. The first-order valence-corrected chi connectivity index (χ1v) is 17.5. The molecule has 224 valence electrons. The van der Waals surface area contributed by atoms with Crippen molar-refractivity contribution in [2.45, 2.75) is 64.1 Å². The van der Waals surface area contributed by atoms with Gasteiger partial charge in [0.15, 0.2) is 0 Å². The Bertz CT molecular complexity index is 1140. The van der Waals surface area contributed by atoms with Gasteiger partial charge in [-0.25, -0.2) is 4.79 Å². The number of amides is 1. The first kappa shape index (κ1) is 31.9. The average Bonchev–Trinajstić information content (AvgIpc) is 3.00. The SMILES string of the molecule is COC(=O)[C@H](CCSC)NC(=O)c1ccc(CN2CCSC[C@H]2COCC2CCCCC2)cc1-c1ccccc1C. The maximum Gasteiger partial charge on any atom is 0.328 e. The van der Waals surface area contributed by atoms with E-state index in [-0.39, 0.29) is 5.91 Å². The Morgan fingerprint density at radius 2 is 1.90 bits per heavy atom. The monoisotopic (exact) mass is 598 g/mol. The van der Waals surface area contributed by atoms with E-state index in [9.17, 15) is 9.59 Å². The third-order valence-electron chi connectivity index (χ3n) is 8.29. The Hall–Kier alpha value is -2.00. The van der Waals surface area contributed by atoms with E-state index < -0.39 is 12.0 Å². The fourth-order valence-corrected chi connectivity index (χ4v) is 7.44. The number of benzene rings is 2. The van der Waals surface area contributed by atoms with E-state index in [1.54, 1.807) is 11.8 Å². The Labute approximate surface area is 254 Å². The predicted octanol–water partition coefficient (Wildman–Crippen LogP) is 6.20. The van der Waals surface area contributed by atoms with E-state index >= 15 is 0 Å². The number of nitrogens with one attached hydrogen (secondary N) is 1. The minimum Gasteiger partial charge on any atom is -0.467 e. The topological polar surface area (TPSA) is 67.9 Å². The lowest BCUT2D eigenvalue weighted by Crippen LogP contribution is -2.44. The van der Waals surface area contributed by atoms with E-state index in [1.165, 1.54) is 44.8 Å². The van der Waals surface area contributed by atoms with Gasteiger partial charge in [0.1, 0.15) is 6.04 Å². The van der Waals surface area contributed by atoms with Gasteiger partial charge in [-0.05, 0) is 78.5 Å². The third kappa shape index (κ3) is 9.24. The Balaban J connectivity index is 1.52. The van der Waals surface area contributed by atoms with Gasteiger partial charge in [0.05, 0.1) is 13.7 Å². The zero-order valence-electron chi connectivity index (χ0n) is 24.9. The molecular formula is C33H46N2O4S2.